The predicted octanol–water partition coefficient (Wildman–Crippen LogP) is 2.72. The number of benzene rings is 1. The van der Waals surface area contributed by atoms with Crippen LogP contribution in [0.5, 0.6) is 0 Å². The maximum Gasteiger partial charge on any atom is 0.0495 e. The summed E-state index contributed by atoms with van der Waals surface area (Å²) in [6, 6.07) is 10.4. The fourth-order valence-corrected chi connectivity index (χ4v) is 2.06. The standard InChI is InChI=1S/C15H21NO/c1-2-5-14(6-3-1)7-4-10-16-11-8-15-9-12-17-13-15/h1-7,15-16H,8-13H2/b7-4+. The molecular formula is C15H21NO. The molecule has 1 N–H and O–H groups in total. The van der Waals surface area contributed by atoms with Crippen LogP contribution in [-0.4, -0.2) is 26.3 Å². The Morgan fingerprint density at radius 2 is 2.18 bits per heavy atom. The van der Waals surface area contributed by atoms with Gasteiger partial charge in [0.25, 0.3) is 0 Å². The third kappa shape index (κ3) is 4.72. The first kappa shape index (κ1) is 12.3. The molecule has 1 saturated heterocycles. The van der Waals surface area contributed by atoms with E-state index in [4.69, 9.17) is 4.74 Å². The molecule has 1 aromatic rings. The Balaban J connectivity index is 1.55. The van der Waals surface area contributed by atoms with Crippen molar-refractivity contribution in [3.63, 3.8) is 0 Å². The zero-order valence-electron chi connectivity index (χ0n) is 10.3. The summed E-state index contributed by atoms with van der Waals surface area (Å²) in [5.41, 5.74) is 1.26. The van der Waals surface area contributed by atoms with Gasteiger partial charge >= 0.3 is 0 Å². The van der Waals surface area contributed by atoms with E-state index >= 15 is 0 Å². The van der Waals surface area contributed by atoms with Crippen LogP contribution in [0.15, 0.2) is 36.4 Å². The van der Waals surface area contributed by atoms with Crippen molar-refractivity contribution in [3.8, 4) is 0 Å². The van der Waals surface area contributed by atoms with E-state index in [1.165, 1.54) is 18.4 Å². The van der Waals surface area contributed by atoms with E-state index in [1.54, 1.807) is 0 Å². The van der Waals surface area contributed by atoms with Gasteiger partial charge in [0.15, 0.2) is 0 Å². The molecule has 2 nitrogen and oxygen atoms in total. The Morgan fingerprint density at radius 3 is 2.94 bits per heavy atom. The highest BCUT2D eigenvalue weighted by Crippen LogP contribution is 2.14. The molecule has 1 aromatic carbocycles. The highest BCUT2D eigenvalue weighted by Gasteiger charge is 2.14. The van der Waals surface area contributed by atoms with Crippen molar-refractivity contribution in [2.45, 2.75) is 12.8 Å². The molecule has 1 aliphatic rings. The van der Waals surface area contributed by atoms with Gasteiger partial charge in [-0.2, -0.15) is 0 Å². The number of hydrogen-bond acceptors (Lipinski definition) is 2. The maximum atomic E-state index is 5.35. The van der Waals surface area contributed by atoms with E-state index in [1.807, 2.05) is 6.07 Å². The van der Waals surface area contributed by atoms with Gasteiger partial charge in [0, 0.05) is 19.8 Å². The van der Waals surface area contributed by atoms with Gasteiger partial charge < -0.3 is 10.1 Å². The molecule has 1 fully saturated rings. The molecule has 0 bridgehead atoms. The molecule has 0 saturated carbocycles. The molecule has 0 aliphatic carbocycles. The first-order valence-electron chi connectivity index (χ1n) is 6.45. The highest BCUT2D eigenvalue weighted by molar-refractivity contribution is 5.48. The molecule has 2 rings (SSSR count). The van der Waals surface area contributed by atoms with E-state index in [9.17, 15) is 0 Å². The Labute approximate surface area is 104 Å². The molecule has 92 valence electrons. The third-order valence-corrected chi connectivity index (χ3v) is 3.13. The van der Waals surface area contributed by atoms with E-state index in [0.717, 1.165) is 32.2 Å². The summed E-state index contributed by atoms with van der Waals surface area (Å²) in [6.45, 7) is 3.95. The lowest BCUT2D eigenvalue weighted by Crippen LogP contribution is -2.18. The van der Waals surface area contributed by atoms with Crippen LogP contribution in [0.25, 0.3) is 6.08 Å². The molecule has 1 unspecified atom stereocenters. The van der Waals surface area contributed by atoms with Crippen LogP contribution >= 0.6 is 0 Å². The molecule has 1 heterocycles. The van der Waals surface area contributed by atoms with Crippen molar-refractivity contribution in [1.82, 2.24) is 5.32 Å². The van der Waals surface area contributed by atoms with E-state index in [-0.39, 0.29) is 0 Å². The average Bonchev–Trinajstić information content (AvgIpc) is 2.88. The van der Waals surface area contributed by atoms with Crippen molar-refractivity contribution < 1.29 is 4.74 Å². The molecule has 17 heavy (non-hydrogen) atoms. The number of hydrogen-bond donors (Lipinski definition) is 1. The summed E-state index contributed by atoms with van der Waals surface area (Å²) in [5.74, 6) is 0.778. The number of rotatable bonds is 6. The highest BCUT2D eigenvalue weighted by atomic mass is 16.5. The van der Waals surface area contributed by atoms with Crippen LogP contribution in [0.2, 0.25) is 0 Å². The molecule has 0 aromatic heterocycles. The smallest absolute Gasteiger partial charge is 0.0495 e. The summed E-state index contributed by atoms with van der Waals surface area (Å²) < 4.78 is 5.35. The first-order chi connectivity index (χ1) is 8.45. The molecule has 1 atom stereocenters. The molecule has 0 spiro atoms. The van der Waals surface area contributed by atoms with Crippen molar-refractivity contribution in [1.29, 1.82) is 0 Å². The molecule has 0 amide bonds. The van der Waals surface area contributed by atoms with Gasteiger partial charge in [-0.3, -0.25) is 0 Å². The quantitative estimate of drug-likeness (QED) is 0.760. The Morgan fingerprint density at radius 1 is 1.29 bits per heavy atom. The van der Waals surface area contributed by atoms with Gasteiger partial charge in [0.1, 0.15) is 0 Å². The van der Waals surface area contributed by atoms with Crippen molar-refractivity contribution >= 4 is 6.08 Å². The summed E-state index contributed by atoms with van der Waals surface area (Å²) in [6.07, 6.45) is 6.81. The van der Waals surface area contributed by atoms with Crippen LogP contribution in [0, 0.1) is 5.92 Å². The van der Waals surface area contributed by atoms with Crippen molar-refractivity contribution in [2.24, 2.45) is 5.92 Å². The first-order valence-corrected chi connectivity index (χ1v) is 6.45. The second kappa shape index (κ2) is 7.25. The summed E-state index contributed by atoms with van der Waals surface area (Å²) in [7, 11) is 0. The minimum atomic E-state index is 0.778. The van der Waals surface area contributed by atoms with Gasteiger partial charge in [-0.05, 0) is 30.9 Å². The van der Waals surface area contributed by atoms with E-state index in [0.29, 0.717) is 0 Å². The van der Waals surface area contributed by atoms with Gasteiger partial charge in [0.2, 0.25) is 0 Å². The zero-order valence-corrected chi connectivity index (χ0v) is 10.3. The lowest BCUT2D eigenvalue weighted by Gasteiger charge is -2.06. The van der Waals surface area contributed by atoms with Crippen LogP contribution in [-0.2, 0) is 4.74 Å². The fraction of sp³-hybridized carbons (Fsp3) is 0.467. The van der Waals surface area contributed by atoms with Gasteiger partial charge in [-0.15, -0.1) is 0 Å². The molecular weight excluding hydrogens is 210 g/mol. The average molecular weight is 231 g/mol. The van der Waals surface area contributed by atoms with E-state index in [2.05, 4.69) is 41.7 Å². The minimum Gasteiger partial charge on any atom is -0.381 e. The van der Waals surface area contributed by atoms with E-state index < -0.39 is 0 Å². The minimum absolute atomic E-state index is 0.778. The van der Waals surface area contributed by atoms with Gasteiger partial charge in [-0.1, -0.05) is 42.5 Å². The molecule has 1 aliphatic heterocycles. The normalized spacial score (nSPS) is 20.1. The van der Waals surface area contributed by atoms with Crippen LogP contribution in [0.4, 0.5) is 0 Å². The Kier molecular flexibility index (Phi) is 5.27. The monoisotopic (exact) mass is 231 g/mol. The van der Waals surface area contributed by atoms with Crippen LogP contribution < -0.4 is 5.32 Å². The summed E-state index contributed by atoms with van der Waals surface area (Å²) in [5, 5.41) is 3.44. The van der Waals surface area contributed by atoms with Crippen molar-refractivity contribution in [2.75, 3.05) is 26.3 Å². The number of ether oxygens (including phenoxy) is 1. The maximum absolute atomic E-state index is 5.35. The second-order valence-corrected chi connectivity index (χ2v) is 4.54. The lowest BCUT2D eigenvalue weighted by molar-refractivity contribution is 0.184. The Bertz CT molecular complexity index is 328. The van der Waals surface area contributed by atoms with Gasteiger partial charge in [0.05, 0.1) is 0 Å². The van der Waals surface area contributed by atoms with Gasteiger partial charge in [-0.25, -0.2) is 0 Å². The Hall–Kier alpha value is -1.12. The zero-order chi connectivity index (χ0) is 11.8. The van der Waals surface area contributed by atoms with Crippen LogP contribution in [0.3, 0.4) is 0 Å². The summed E-state index contributed by atoms with van der Waals surface area (Å²) >= 11 is 0. The predicted molar refractivity (Wildman–Crippen MR) is 71.9 cm³/mol. The fourth-order valence-electron chi connectivity index (χ4n) is 2.06. The third-order valence-electron chi connectivity index (χ3n) is 3.13. The number of nitrogens with one attached hydrogen (secondary N) is 1. The largest absolute Gasteiger partial charge is 0.381 e. The summed E-state index contributed by atoms with van der Waals surface area (Å²) in [4.78, 5) is 0. The second-order valence-electron chi connectivity index (χ2n) is 4.54. The SMILES string of the molecule is C(=C\c1ccccc1)/CNCCC1CCOC1. The van der Waals surface area contributed by atoms with Crippen molar-refractivity contribution in [3.05, 3.63) is 42.0 Å². The lowest BCUT2D eigenvalue weighted by atomic mass is 10.1. The molecule has 0 radical (unpaired) electrons. The molecule has 2 heteroatoms. The topological polar surface area (TPSA) is 21.3 Å². The van der Waals surface area contributed by atoms with Crippen LogP contribution in [0.1, 0.15) is 18.4 Å².